The van der Waals surface area contributed by atoms with Gasteiger partial charge >= 0.3 is 5.97 Å². The summed E-state index contributed by atoms with van der Waals surface area (Å²) in [6, 6.07) is 0. The molecule has 0 saturated heterocycles. The summed E-state index contributed by atoms with van der Waals surface area (Å²) in [5.41, 5.74) is 0. The van der Waals surface area contributed by atoms with Crippen molar-refractivity contribution in [3.63, 3.8) is 0 Å². The lowest BCUT2D eigenvalue weighted by atomic mass is 10.3. The van der Waals surface area contributed by atoms with Crippen LogP contribution in [0.2, 0.25) is 0 Å². The maximum Gasteiger partial charge on any atom is 0.304 e. The van der Waals surface area contributed by atoms with Crippen molar-refractivity contribution < 1.29 is 19.0 Å². The van der Waals surface area contributed by atoms with Gasteiger partial charge in [-0.1, -0.05) is 13.3 Å². The van der Waals surface area contributed by atoms with Crippen molar-refractivity contribution in [1.29, 1.82) is 0 Å². The SMILES string of the molecule is CCCC(OCC)OC(C)OC(C)=O. The lowest BCUT2D eigenvalue weighted by molar-refractivity contribution is -0.234. The summed E-state index contributed by atoms with van der Waals surface area (Å²) < 4.78 is 15.5. The minimum absolute atomic E-state index is 0.278. The summed E-state index contributed by atoms with van der Waals surface area (Å²) in [5.74, 6) is -0.343. The number of carbonyl (C=O) groups excluding carboxylic acids is 1. The van der Waals surface area contributed by atoms with E-state index in [1.807, 2.05) is 13.8 Å². The third-order valence-electron chi connectivity index (χ3n) is 1.55. The van der Waals surface area contributed by atoms with Crippen molar-refractivity contribution >= 4 is 5.97 Å². The topological polar surface area (TPSA) is 44.8 Å². The number of rotatable bonds is 7. The summed E-state index contributed by atoms with van der Waals surface area (Å²) in [5, 5.41) is 0. The fraction of sp³-hybridized carbons (Fsp3) is 0.900. The summed E-state index contributed by atoms with van der Waals surface area (Å²) in [7, 11) is 0. The van der Waals surface area contributed by atoms with Gasteiger partial charge in [-0.05, 0) is 20.3 Å². The molecule has 0 spiro atoms. The molecule has 0 aromatic rings. The third kappa shape index (κ3) is 6.86. The Morgan fingerprint density at radius 1 is 1.36 bits per heavy atom. The van der Waals surface area contributed by atoms with Crippen LogP contribution in [0.15, 0.2) is 0 Å². The van der Waals surface area contributed by atoms with Crippen LogP contribution >= 0.6 is 0 Å². The van der Waals surface area contributed by atoms with Gasteiger partial charge in [0.15, 0.2) is 6.29 Å². The molecule has 0 rings (SSSR count). The largest absolute Gasteiger partial charge is 0.436 e. The maximum atomic E-state index is 10.6. The van der Waals surface area contributed by atoms with Crippen LogP contribution in [0.3, 0.4) is 0 Å². The zero-order valence-electron chi connectivity index (χ0n) is 9.41. The second kappa shape index (κ2) is 7.76. The standard InChI is InChI=1S/C10H20O4/c1-5-7-10(12-6-2)14-9(4)13-8(3)11/h9-10H,5-7H2,1-4H3. The van der Waals surface area contributed by atoms with E-state index in [-0.39, 0.29) is 12.3 Å². The Bertz CT molecular complexity index is 152. The highest BCUT2D eigenvalue weighted by molar-refractivity contribution is 5.65. The molecule has 0 aliphatic carbocycles. The first-order valence-corrected chi connectivity index (χ1v) is 5.04. The molecule has 0 aromatic carbocycles. The second-order valence-corrected chi connectivity index (χ2v) is 2.99. The third-order valence-corrected chi connectivity index (χ3v) is 1.55. The lowest BCUT2D eigenvalue weighted by Crippen LogP contribution is -2.26. The molecular formula is C10H20O4. The first kappa shape index (κ1) is 13.4. The molecule has 0 aromatic heterocycles. The Morgan fingerprint density at radius 2 is 2.00 bits per heavy atom. The Hall–Kier alpha value is -0.610. The van der Waals surface area contributed by atoms with Crippen LogP contribution in [0.5, 0.6) is 0 Å². The van der Waals surface area contributed by atoms with Crippen molar-refractivity contribution in [2.45, 2.75) is 53.1 Å². The highest BCUT2D eigenvalue weighted by Gasteiger charge is 2.13. The van der Waals surface area contributed by atoms with Crippen LogP contribution in [0, 0.1) is 0 Å². The van der Waals surface area contributed by atoms with Gasteiger partial charge in [-0.3, -0.25) is 4.79 Å². The molecule has 0 aliphatic heterocycles. The van der Waals surface area contributed by atoms with Crippen LogP contribution in [0.25, 0.3) is 0 Å². The molecule has 4 heteroatoms. The Labute approximate surface area is 85.5 Å². The van der Waals surface area contributed by atoms with Crippen molar-refractivity contribution in [3.8, 4) is 0 Å². The quantitative estimate of drug-likeness (QED) is 0.470. The number of carbonyl (C=O) groups is 1. The first-order chi connectivity index (χ1) is 6.60. The van der Waals surface area contributed by atoms with Crippen LogP contribution in [-0.4, -0.2) is 25.2 Å². The summed E-state index contributed by atoms with van der Waals surface area (Å²) in [6.07, 6.45) is 0.951. The molecule has 0 radical (unpaired) electrons. The van der Waals surface area contributed by atoms with E-state index in [2.05, 4.69) is 0 Å². The van der Waals surface area contributed by atoms with Gasteiger partial charge in [-0.15, -0.1) is 0 Å². The normalized spacial score (nSPS) is 14.9. The molecule has 14 heavy (non-hydrogen) atoms. The fourth-order valence-corrected chi connectivity index (χ4v) is 1.09. The van der Waals surface area contributed by atoms with Crippen molar-refractivity contribution in [3.05, 3.63) is 0 Å². The van der Waals surface area contributed by atoms with Gasteiger partial charge in [0.25, 0.3) is 0 Å². The van der Waals surface area contributed by atoms with Gasteiger partial charge in [-0.25, -0.2) is 0 Å². The Balaban J connectivity index is 3.81. The molecule has 0 amide bonds. The van der Waals surface area contributed by atoms with E-state index in [0.29, 0.717) is 6.61 Å². The van der Waals surface area contributed by atoms with E-state index in [1.54, 1.807) is 6.92 Å². The van der Waals surface area contributed by atoms with E-state index in [0.717, 1.165) is 12.8 Å². The summed E-state index contributed by atoms with van der Waals surface area (Å²) >= 11 is 0. The molecule has 0 heterocycles. The average Bonchev–Trinajstić information content (AvgIpc) is 2.03. The predicted octanol–water partition coefficient (Wildman–Crippen LogP) is 2.07. The van der Waals surface area contributed by atoms with E-state index in [4.69, 9.17) is 14.2 Å². The van der Waals surface area contributed by atoms with E-state index < -0.39 is 6.29 Å². The highest BCUT2D eigenvalue weighted by atomic mass is 16.8. The summed E-state index contributed by atoms with van der Waals surface area (Å²) in [6.45, 7) is 7.59. The molecule has 84 valence electrons. The van der Waals surface area contributed by atoms with Gasteiger partial charge in [0, 0.05) is 13.5 Å². The molecule has 2 atom stereocenters. The Morgan fingerprint density at radius 3 is 2.43 bits per heavy atom. The molecule has 0 saturated carbocycles. The van der Waals surface area contributed by atoms with E-state index in [9.17, 15) is 4.79 Å². The van der Waals surface area contributed by atoms with Crippen LogP contribution < -0.4 is 0 Å². The van der Waals surface area contributed by atoms with Crippen LogP contribution in [0.1, 0.15) is 40.5 Å². The number of ether oxygens (including phenoxy) is 3. The first-order valence-electron chi connectivity index (χ1n) is 5.04. The zero-order chi connectivity index (χ0) is 11.0. The molecular weight excluding hydrogens is 184 g/mol. The number of esters is 1. The number of hydrogen-bond donors (Lipinski definition) is 0. The van der Waals surface area contributed by atoms with Gasteiger partial charge in [0.05, 0.1) is 0 Å². The predicted molar refractivity (Wildman–Crippen MR) is 52.6 cm³/mol. The minimum Gasteiger partial charge on any atom is -0.436 e. The smallest absolute Gasteiger partial charge is 0.304 e. The van der Waals surface area contributed by atoms with Crippen molar-refractivity contribution in [2.75, 3.05) is 6.61 Å². The maximum absolute atomic E-state index is 10.6. The zero-order valence-corrected chi connectivity index (χ0v) is 9.41. The monoisotopic (exact) mass is 204 g/mol. The van der Waals surface area contributed by atoms with Gasteiger partial charge in [-0.2, -0.15) is 0 Å². The highest BCUT2D eigenvalue weighted by Crippen LogP contribution is 2.08. The molecule has 4 nitrogen and oxygen atoms in total. The van der Waals surface area contributed by atoms with E-state index in [1.165, 1.54) is 6.92 Å². The molecule has 0 fully saturated rings. The van der Waals surface area contributed by atoms with E-state index >= 15 is 0 Å². The Kier molecular flexibility index (Phi) is 7.42. The molecule has 0 aliphatic rings. The van der Waals surface area contributed by atoms with Crippen LogP contribution in [0.4, 0.5) is 0 Å². The van der Waals surface area contributed by atoms with Gasteiger partial charge < -0.3 is 14.2 Å². The van der Waals surface area contributed by atoms with Crippen LogP contribution in [-0.2, 0) is 19.0 Å². The van der Waals surface area contributed by atoms with Crippen molar-refractivity contribution in [2.24, 2.45) is 0 Å². The summed E-state index contributed by atoms with van der Waals surface area (Å²) in [4.78, 5) is 10.6. The fourth-order valence-electron chi connectivity index (χ4n) is 1.09. The number of hydrogen-bond acceptors (Lipinski definition) is 4. The molecule has 2 unspecified atom stereocenters. The minimum atomic E-state index is -0.546. The molecule has 0 N–H and O–H groups in total. The lowest BCUT2D eigenvalue weighted by Gasteiger charge is -2.21. The molecule has 0 bridgehead atoms. The van der Waals surface area contributed by atoms with Crippen molar-refractivity contribution in [1.82, 2.24) is 0 Å². The second-order valence-electron chi connectivity index (χ2n) is 2.99. The van der Waals surface area contributed by atoms with Gasteiger partial charge in [0.1, 0.15) is 0 Å². The average molecular weight is 204 g/mol. The van der Waals surface area contributed by atoms with Gasteiger partial charge in [0.2, 0.25) is 6.29 Å².